The summed E-state index contributed by atoms with van der Waals surface area (Å²) in [6.07, 6.45) is 2.99. The van der Waals surface area contributed by atoms with E-state index in [0.717, 1.165) is 19.5 Å². The molecule has 0 bridgehead atoms. The van der Waals surface area contributed by atoms with Gasteiger partial charge >= 0.3 is 0 Å². The molecule has 0 saturated carbocycles. The molecule has 1 aromatic carbocycles. The number of aromatic nitrogens is 1. The fraction of sp³-hybridized carbons (Fsp3) is 0.400. The van der Waals surface area contributed by atoms with E-state index in [0.29, 0.717) is 11.2 Å². The van der Waals surface area contributed by atoms with Crippen molar-refractivity contribution in [1.82, 2.24) is 9.88 Å². The number of hydrogen-bond acceptors (Lipinski definition) is 4. The number of hydrogen-bond donors (Lipinski definition) is 1. The number of nitrogen functional groups attached to an aromatic ring is 1. The van der Waals surface area contributed by atoms with Crippen molar-refractivity contribution in [3.8, 4) is 0 Å². The van der Waals surface area contributed by atoms with Crippen LogP contribution in [0.3, 0.4) is 0 Å². The summed E-state index contributed by atoms with van der Waals surface area (Å²) in [7, 11) is 0. The summed E-state index contributed by atoms with van der Waals surface area (Å²) in [5.74, 6) is 0. The normalized spacial score (nSPS) is 12.2. The first-order valence-electron chi connectivity index (χ1n) is 6.73. The van der Waals surface area contributed by atoms with Crippen LogP contribution in [0.5, 0.6) is 0 Å². The van der Waals surface area contributed by atoms with Crippen molar-refractivity contribution in [3.05, 3.63) is 47.0 Å². The van der Waals surface area contributed by atoms with E-state index in [9.17, 15) is 0 Å². The lowest BCUT2D eigenvalue weighted by Gasteiger charge is -2.29. The van der Waals surface area contributed by atoms with Gasteiger partial charge in [-0.3, -0.25) is 4.90 Å². The molecule has 1 unspecified atom stereocenters. The minimum atomic E-state index is 0. The number of nitrogens with zero attached hydrogens (tertiary/aromatic N) is 2. The Morgan fingerprint density at radius 2 is 1.95 bits per heavy atom. The van der Waals surface area contributed by atoms with Crippen LogP contribution in [-0.4, -0.2) is 16.4 Å². The van der Waals surface area contributed by atoms with Crippen LogP contribution in [-0.2, 0) is 6.54 Å². The molecule has 2 aromatic rings. The highest BCUT2D eigenvalue weighted by molar-refractivity contribution is 7.15. The van der Waals surface area contributed by atoms with Crippen molar-refractivity contribution in [2.45, 2.75) is 32.9 Å². The van der Waals surface area contributed by atoms with Crippen LogP contribution in [0.25, 0.3) is 0 Å². The fourth-order valence-corrected chi connectivity index (χ4v) is 3.13. The van der Waals surface area contributed by atoms with E-state index in [4.69, 9.17) is 5.73 Å². The highest BCUT2D eigenvalue weighted by Crippen LogP contribution is 2.27. The first-order valence-corrected chi connectivity index (χ1v) is 7.55. The van der Waals surface area contributed by atoms with E-state index in [1.165, 1.54) is 10.4 Å². The molecule has 0 amide bonds. The molecule has 0 aliphatic rings. The molecule has 1 aromatic heterocycles. The van der Waals surface area contributed by atoms with Crippen molar-refractivity contribution in [2.24, 2.45) is 0 Å². The minimum absolute atomic E-state index is 0. The Hall–Kier alpha value is -1.10. The standard InChI is InChI=1S/C15H21N3S.ClH/c1-3-14(12-8-6-5-7-9-12)18(4-2)11-13-10-17-15(16)19-13;/h5-10,14H,3-4,11H2,1-2H3,(H2,16,17);1H. The maximum atomic E-state index is 5.70. The zero-order valence-corrected chi connectivity index (χ0v) is 13.6. The molecule has 3 nitrogen and oxygen atoms in total. The van der Waals surface area contributed by atoms with E-state index < -0.39 is 0 Å². The van der Waals surface area contributed by atoms with Crippen LogP contribution >= 0.6 is 23.7 Å². The average molecular weight is 312 g/mol. The predicted octanol–water partition coefficient (Wildman–Crippen LogP) is 4.12. The van der Waals surface area contributed by atoms with Crippen LogP contribution in [0.1, 0.15) is 36.8 Å². The molecule has 20 heavy (non-hydrogen) atoms. The molecule has 0 fully saturated rings. The van der Waals surface area contributed by atoms with Crippen molar-refractivity contribution in [1.29, 1.82) is 0 Å². The first-order chi connectivity index (χ1) is 9.24. The smallest absolute Gasteiger partial charge is 0.180 e. The second-order valence-electron chi connectivity index (χ2n) is 4.56. The Balaban J connectivity index is 0.00000200. The molecule has 110 valence electrons. The average Bonchev–Trinajstić information content (AvgIpc) is 2.85. The van der Waals surface area contributed by atoms with Crippen molar-refractivity contribution >= 4 is 28.9 Å². The Bertz CT molecular complexity index is 501. The number of benzene rings is 1. The third-order valence-corrected chi connectivity index (χ3v) is 4.16. The summed E-state index contributed by atoms with van der Waals surface area (Å²) in [4.78, 5) is 7.84. The molecular formula is C15H22ClN3S. The van der Waals surface area contributed by atoms with Gasteiger partial charge < -0.3 is 5.73 Å². The summed E-state index contributed by atoms with van der Waals surface area (Å²) >= 11 is 1.58. The van der Waals surface area contributed by atoms with Gasteiger partial charge in [-0.05, 0) is 18.5 Å². The largest absolute Gasteiger partial charge is 0.375 e. The first kappa shape index (κ1) is 17.0. The molecule has 1 atom stereocenters. The van der Waals surface area contributed by atoms with Gasteiger partial charge in [0.2, 0.25) is 0 Å². The van der Waals surface area contributed by atoms with E-state index >= 15 is 0 Å². The fourth-order valence-electron chi connectivity index (χ4n) is 2.42. The van der Waals surface area contributed by atoms with E-state index in [-0.39, 0.29) is 12.4 Å². The summed E-state index contributed by atoms with van der Waals surface area (Å²) in [5, 5.41) is 0.652. The number of anilines is 1. The Labute approximate surface area is 131 Å². The molecular weight excluding hydrogens is 290 g/mol. The molecule has 0 spiro atoms. The zero-order valence-electron chi connectivity index (χ0n) is 12.0. The number of halogens is 1. The lowest BCUT2D eigenvalue weighted by molar-refractivity contribution is 0.195. The molecule has 2 N–H and O–H groups in total. The highest BCUT2D eigenvalue weighted by Gasteiger charge is 2.18. The third-order valence-electron chi connectivity index (χ3n) is 3.35. The second kappa shape index (κ2) is 8.25. The van der Waals surface area contributed by atoms with Gasteiger partial charge in [0, 0.05) is 23.7 Å². The van der Waals surface area contributed by atoms with Crippen LogP contribution in [0.4, 0.5) is 5.13 Å². The van der Waals surface area contributed by atoms with Crippen LogP contribution in [0.15, 0.2) is 36.5 Å². The predicted molar refractivity (Wildman–Crippen MR) is 89.3 cm³/mol. The van der Waals surface area contributed by atoms with Crippen molar-refractivity contribution in [3.63, 3.8) is 0 Å². The maximum absolute atomic E-state index is 5.70. The summed E-state index contributed by atoms with van der Waals surface area (Å²) < 4.78 is 0. The molecule has 2 rings (SSSR count). The van der Waals surface area contributed by atoms with E-state index in [1.54, 1.807) is 11.3 Å². The van der Waals surface area contributed by atoms with Crippen LogP contribution < -0.4 is 5.73 Å². The van der Waals surface area contributed by atoms with Gasteiger partial charge in [0.1, 0.15) is 0 Å². The molecule has 0 aliphatic heterocycles. The lowest BCUT2D eigenvalue weighted by Crippen LogP contribution is -2.27. The number of rotatable bonds is 6. The topological polar surface area (TPSA) is 42.2 Å². The van der Waals surface area contributed by atoms with Gasteiger partial charge in [-0.25, -0.2) is 4.98 Å². The highest BCUT2D eigenvalue weighted by atomic mass is 35.5. The van der Waals surface area contributed by atoms with Gasteiger partial charge in [0.25, 0.3) is 0 Å². The Kier molecular flexibility index (Phi) is 6.99. The minimum Gasteiger partial charge on any atom is -0.375 e. The molecule has 0 radical (unpaired) electrons. The van der Waals surface area contributed by atoms with E-state index in [2.05, 4.69) is 54.1 Å². The second-order valence-corrected chi connectivity index (χ2v) is 5.71. The maximum Gasteiger partial charge on any atom is 0.180 e. The summed E-state index contributed by atoms with van der Waals surface area (Å²) in [5.41, 5.74) is 7.08. The molecule has 1 heterocycles. The number of nitrogens with two attached hydrogens (primary N) is 1. The van der Waals surface area contributed by atoms with Gasteiger partial charge in [-0.15, -0.1) is 23.7 Å². The van der Waals surface area contributed by atoms with Crippen LogP contribution in [0.2, 0.25) is 0 Å². The molecule has 0 aliphatic carbocycles. The Morgan fingerprint density at radius 1 is 1.25 bits per heavy atom. The van der Waals surface area contributed by atoms with Gasteiger partial charge in [-0.1, -0.05) is 44.2 Å². The van der Waals surface area contributed by atoms with Crippen molar-refractivity contribution < 1.29 is 0 Å². The monoisotopic (exact) mass is 311 g/mol. The van der Waals surface area contributed by atoms with Gasteiger partial charge in [0.15, 0.2) is 5.13 Å². The zero-order chi connectivity index (χ0) is 13.7. The lowest BCUT2D eigenvalue weighted by atomic mass is 10.0. The van der Waals surface area contributed by atoms with Gasteiger partial charge in [0.05, 0.1) is 0 Å². The van der Waals surface area contributed by atoms with E-state index in [1.807, 2.05) is 6.20 Å². The van der Waals surface area contributed by atoms with Crippen molar-refractivity contribution in [2.75, 3.05) is 12.3 Å². The SMILES string of the molecule is CCC(c1ccccc1)N(CC)Cc1cnc(N)s1.Cl. The summed E-state index contributed by atoms with van der Waals surface area (Å²) in [6.45, 7) is 6.38. The third kappa shape index (κ3) is 4.20. The van der Waals surface area contributed by atoms with Crippen LogP contribution in [0, 0.1) is 0 Å². The Morgan fingerprint density at radius 3 is 2.45 bits per heavy atom. The molecule has 5 heteroatoms. The number of thiazole rings is 1. The summed E-state index contributed by atoms with van der Waals surface area (Å²) in [6, 6.07) is 11.1. The quantitative estimate of drug-likeness (QED) is 0.872. The molecule has 0 saturated heterocycles. The van der Waals surface area contributed by atoms with Gasteiger partial charge in [-0.2, -0.15) is 0 Å².